The first-order valence-electron chi connectivity index (χ1n) is 10.9. The smallest absolute Gasteiger partial charge is 0.407 e. The molecule has 32 heavy (non-hydrogen) atoms. The highest BCUT2D eigenvalue weighted by Crippen LogP contribution is 2.32. The van der Waals surface area contributed by atoms with Gasteiger partial charge in [0, 0.05) is 54.6 Å². The summed E-state index contributed by atoms with van der Waals surface area (Å²) in [6, 6.07) is 7.78. The molecule has 0 spiro atoms. The van der Waals surface area contributed by atoms with E-state index in [1.807, 2.05) is 51.2 Å². The molecule has 1 saturated heterocycles. The highest BCUT2D eigenvalue weighted by atomic mass is 35.5. The van der Waals surface area contributed by atoms with Gasteiger partial charge in [0.2, 0.25) is 0 Å². The fourth-order valence-corrected chi connectivity index (χ4v) is 4.09. The van der Waals surface area contributed by atoms with Crippen LogP contribution in [0.4, 0.5) is 10.6 Å². The Labute approximate surface area is 193 Å². The van der Waals surface area contributed by atoms with Gasteiger partial charge >= 0.3 is 6.09 Å². The zero-order valence-electron chi connectivity index (χ0n) is 18.6. The minimum absolute atomic E-state index is 0.358. The summed E-state index contributed by atoms with van der Waals surface area (Å²) in [6.07, 6.45) is 6.93. The molecular weight excluding hydrogens is 426 g/mol. The summed E-state index contributed by atoms with van der Waals surface area (Å²) in [5.74, 6) is 1.36. The zero-order chi connectivity index (χ0) is 22.7. The van der Waals surface area contributed by atoms with Gasteiger partial charge in [-0.1, -0.05) is 11.6 Å². The number of fused-ring (bicyclic) bond motifs is 1. The van der Waals surface area contributed by atoms with E-state index >= 15 is 0 Å². The number of alkyl carbamates (subject to hydrolysis) is 1. The van der Waals surface area contributed by atoms with Crippen molar-refractivity contribution in [2.45, 2.75) is 39.2 Å². The number of piperidine rings is 1. The molecule has 1 aliphatic rings. The van der Waals surface area contributed by atoms with E-state index in [4.69, 9.17) is 21.3 Å². The number of nitrogens with zero attached hydrogens (tertiary/aromatic N) is 4. The van der Waals surface area contributed by atoms with Crippen LogP contribution in [0, 0.1) is 5.92 Å². The molecule has 0 saturated carbocycles. The third kappa shape index (κ3) is 5.46. The van der Waals surface area contributed by atoms with Gasteiger partial charge in [0.25, 0.3) is 0 Å². The number of anilines is 1. The molecule has 168 valence electrons. The molecule has 8 heteroatoms. The molecule has 4 rings (SSSR count). The van der Waals surface area contributed by atoms with E-state index in [0.717, 1.165) is 53.8 Å². The Morgan fingerprint density at radius 2 is 2.00 bits per heavy atom. The number of nitrogens with one attached hydrogen (secondary N) is 1. The molecular formula is C24H28ClN5O2. The maximum absolute atomic E-state index is 12.0. The lowest BCUT2D eigenvalue weighted by atomic mass is 9.96. The van der Waals surface area contributed by atoms with Crippen LogP contribution in [-0.2, 0) is 4.74 Å². The van der Waals surface area contributed by atoms with Crippen molar-refractivity contribution in [3.8, 4) is 11.3 Å². The second-order valence-electron chi connectivity index (χ2n) is 9.11. The third-order valence-corrected chi connectivity index (χ3v) is 5.69. The highest BCUT2D eigenvalue weighted by molar-refractivity contribution is 6.29. The Hall–Kier alpha value is -2.93. The monoisotopic (exact) mass is 453 g/mol. The second-order valence-corrected chi connectivity index (χ2v) is 9.50. The van der Waals surface area contributed by atoms with Crippen LogP contribution in [0.2, 0.25) is 5.15 Å². The Kier molecular flexibility index (Phi) is 6.46. The SMILES string of the molecule is CC(C)(C)OC(=O)NCC1CCN(c2nc(-c3ccnc(Cl)c3)cc3cnccc23)CC1. The number of halogens is 1. The first-order chi connectivity index (χ1) is 15.3. The Balaban J connectivity index is 1.49. The van der Waals surface area contributed by atoms with E-state index < -0.39 is 5.60 Å². The summed E-state index contributed by atoms with van der Waals surface area (Å²) in [5.41, 5.74) is 1.28. The zero-order valence-corrected chi connectivity index (χ0v) is 19.4. The molecule has 1 amide bonds. The predicted octanol–water partition coefficient (Wildman–Crippen LogP) is 5.09. The fourth-order valence-electron chi connectivity index (χ4n) is 3.92. The van der Waals surface area contributed by atoms with Gasteiger partial charge in [-0.3, -0.25) is 4.98 Å². The number of hydrogen-bond acceptors (Lipinski definition) is 6. The Morgan fingerprint density at radius 1 is 1.22 bits per heavy atom. The van der Waals surface area contributed by atoms with Crippen molar-refractivity contribution in [1.82, 2.24) is 20.3 Å². The number of ether oxygens (including phenoxy) is 1. The summed E-state index contributed by atoms with van der Waals surface area (Å²) in [7, 11) is 0. The van der Waals surface area contributed by atoms with Gasteiger partial charge in [-0.2, -0.15) is 0 Å². The number of carbonyl (C=O) groups excluding carboxylic acids is 1. The van der Waals surface area contributed by atoms with Crippen molar-refractivity contribution in [2.24, 2.45) is 5.92 Å². The quantitative estimate of drug-likeness (QED) is 0.554. The second kappa shape index (κ2) is 9.28. The molecule has 1 fully saturated rings. The molecule has 3 aromatic rings. The molecule has 0 aromatic carbocycles. The lowest BCUT2D eigenvalue weighted by molar-refractivity contribution is 0.0517. The first-order valence-corrected chi connectivity index (χ1v) is 11.2. The molecule has 4 heterocycles. The molecule has 1 N–H and O–H groups in total. The van der Waals surface area contributed by atoms with Crippen LogP contribution >= 0.6 is 11.6 Å². The normalized spacial score (nSPS) is 15.1. The lowest BCUT2D eigenvalue weighted by Crippen LogP contribution is -2.40. The minimum Gasteiger partial charge on any atom is -0.444 e. The van der Waals surface area contributed by atoms with Gasteiger partial charge in [-0.25, -0.2) is 14.8 Å². The van der Waals surface area contributed by atoms with Crippen LogP contribution in [-0.4, -0.2) is 46.3 Å². The van der Waals surface area contributed by atoms with Crippen LogP contribution in [0.5, 0.6) is 0 Å². The summed E-state index contributed by atoms with van der Waals surface area (Å²) >= 11 is 6.10. The number of hydrogen-bond donors (Lipinski definition) is 1. The van der Waals surface area contributed by atoms with E-state index in [2.05, 4.69) is 20.2 Å². The van der Waals surface area contributed by atoms with Crippen molar-refractivity contribution in [1.29, 1.82) is 0 Å². The van der Waals surface area contributed by atoms with Gasteiger partial charge in [-0.15, -0.1) is 0 Å². The largest absolute Gasteiger partial charge is 0.444 e. The van der Waals surface area contributed by atoms with Gasteiger partial charge in [0.1, 0.15) is 16.6 Å². The van der Waals surface area contributed by atoms with E-state index in [9.17, 15) is 4.79 Å². The number of carbonyl (C=O) groups is 1. The molecule has 0 radical (unpaired) electrons. The third-order valence-electron chi connectivity index (χ3n) is 5.48. The van der Waals surface area contributed by atoms with Crippen LogP contribution in [0.3, 0.4) is 0 Å². The van der Waals surface area contributed by atoms with Crippen molar-refractivity contribution < 1.29 is 9.53 Å². The van der Waals surface area contributed by atoms with Crippen LogP contribution in [0.25, 0.3) is 22.0 Å². The molecule has 7 nitrogen and oxygen atoms in total. The average molecular weight is 454 g/mol. The molecule has 3 aromatic heterocycles. The molecule has 0 aliphatic carbocycles. The van der Waals surface area contributed by atoms with E-state index in [-0.39, 0.29) is 6.09 Å². The number of rotatable bonds is 4. The summed E-state index contributed by atoms with van der Waals surface area (Å²) in [4.78, 5) is 27.6. The topological polar surface area (TPSA) is 80.2 Å². The number of aromatic nitrogens is 3. The molecule has 0 unspecified atom stereocenters. The van der Waals surface area contributed by atoms with Crippen LogP contribution in [0.15, 0.2) is 42.9 Å². The molecule has 1 aliphatic heterocycles. The van der Waals surface area contributed by atoms with Crippen molar-refractivity contribution in [3.63, 3.8) is 0 Å². The first kappa shape index (κ1) is 22.3. The Bertz CT molecular complexity index is 1110. The van der Waals surface area contributed by atoms with Gasteiger partial charge in [0.05, 0.1) is 5.69 Å². The van der Waals surface area contributed by atoms with Gasteiger partial charge < -0.3 is 15.0 Å². The Morgan fingerprint density at radius 3 is 2.72 bits per heavy atom. The average Bonchev–Trinajstić information content (AvgIpc) is 2.76. The maximum atomic E-state index is 12.0. The van der Waals surface area contributed by atoms with E-state index in [0.29, 0.717) is 17.6 Å². The molecule has 0 bridgehead atoms. The predicted molar refractivity (Wildman–Crippen MR) is 127 cm³/mol. The summed E-state index contributed by atoms with van der Waals surface area (Å²) in [6.45, 7) is 7.96. The standard InChI is InChI=1S/C24H28ClN5O2/c1-24(2,3)32-23(31)28-14-16-6-10-30(11-7-16)22-19-5-8-26-15-18(19)12-20(29-22)17-4-9-27-21(25)13-17/h4-5,8-9,12-13,15-16H,6-7,10-11,14H2,1-3H3,(H,28,31). The van der Waals surface area contributed by atoms with Gasteiger partial charge in [-0.05, 0) is 63.8 Å². The van der Waals surface area contributed by atoms with Gasteiger partial charge in [0.15, 0.2) is 0 Å². The van der Waals surface area contributed by atoms with Crippen molar-refractivity contribution in [2.75, 3.05) is 24.5 Å². The minimum atomic E-state index is -0.487. The maximum Gasteiger partial charge on any atom is 0.407 e. The van der Waals surface area contributed by atoms with E-state index in [1.165, 1.54) is 0 Å². The molecule has 0 atom stereocenters. The summed E-state index contributed by atoms with van der Waals surface area (Å²) in [5, 5.41) is 5.46. The van der Waals surface area contributed by atoms with Crippen LogP contribution < -0.4 is 10.2 Å². The highest BCUT2D eigenvalue weighted by Gasteiger charge is 2.24. The van der Waals surface area contributed by atoms with Crippen molar-refractivity contribution in [3.05, 3.63) is 48.0 Å². The number of amides is 1. The fraction of sp³-hybridized carbons (Fsp3) is 0.417. The van der Waals surface area contributed by atoms with Crippen molar-refractivity contribution >= 4 is 34.3 Å². The summed E-state index contributed by atoms with van der Waals surface area (Å²) < 4.78 is 5.34. The number of pyridine rings is 3. The lowest BCUT2D eigenvalue weighted by Gasteiger charge is -2.34. The van der Waals surface area contributed by atoms with E-state index in [1.54, 1.807) is 12.4 Å². The van der Waals surface area contributed by atoms with Crippen LogP contribution in [0.1, 0.15) is 33.6 Å².